The molecule has 30 heavy (non-hydrogen) atoms. The third-order valence-corrected chi connectivity index (χ3v) is 8.09. The fourth-order valence-electron chi connectivity index (χ4n) is 6.73. The van der Waals surface area contributed by atoms with Gasteiger partial charge in [0.05, 0.1) is 11.8 Å². The lowest BCUT2D eigenvalue weighted by Gasteiger charge is -2.57. The monoisotopic (exact) mass is 413 g/mol. The lowest BCUT2D eigenvalue weighted by atomic mass is 9.69. The van der Waals surface area contributed by atoms with Crippen LogP contribution in [0, 0.1) is 23.6 Å². The van der Waals surface area contributed by atoms with Crippen molar-refractivity contribution in [3.8, 4) is 0 Å². The van der Waals surface area contributed by atoms with Gasteiger partial charge in [0.2, 0.25) is 5.91 Å². The highest BCUT2D eigenvalue weighted by Gasteiger charge is 2.50. The Morgan fingerprint density at radius 1 is 1.10 bits per heavy atom. The van der Waals surface area contributed by atoms with Crippen molar-refractivity contribution in [2.24, 2.45) is 17.8 Å². The molecule has 0 spiro atoms. The Balaban J connectivity index is 1.40. The van der Waals surface area contributed by atoms with Crippen LogP contribution in [-0.2, 0) is 4.79 Å². The molecule has 6 heteroatoms. The molecular formula is C24H32FN3O2. The van der Waals surface area contributed by atoms with E-state index < -0.39 is 5.82 Å². The SMILES string of the molecule is O=C(c1ccncc1F)N1C[C@H]2C[C@@H](C1)[C@H](CC1CCCCC1)N1C(=O)CCC[C@@H]21. The van der Waals surface area contributed by atoms with Crippen LogP contribution in [0.3, 0.4) is 0 Å². The third-order valence-electron chi connectivity index (χ3n) is 8.09. The van der Waals surface area contributed by atoms with Gasteiger partial charge in [-0.3, -0.25) is 14.6 Å². The number of halogens is 1. The summed E-state index contributed by atoms with van der Waals surface area (Å²) in [5, 5.41) is 0. The molecule has 0 radical (unpaired) electrons. The van der Waals surface area contributed by atoms with Crippen molar-refractivity contribution in [1.29, 1.82) is 0 Å². The topological polar surface area (TPSA) is 53.5 Å². The van der Waals surface area contributed by atoms with Crippen LogP contribution in [0.1, 0.15) is 74.6 Å². The second kappa shape index (κ2) is 8.27. The van der Waals surface area contributed by atoms with Crippen LogP contribution in [0.25, 0.3) is 0 Å². The van der Waals surface area contributed by atoms with Crippen LogP contribution in [0.2, 0.25) is 0 Å². The van der Waals surface area contributed by atoms with Crippen LogP contribution in [-0.4, -0.2) is 51.8 Å². The van der Waals surface area contributed by atoms with Crippen LogP contribution in [0.5, 0.6) is 0 Å². The van der Waals surface area contributed by atoms with Crippen molar-refractivity contribution in [3.05, 3.63) is 29.8 Å². The molecule has 3 saturated heterocycles. The number of amides is 2. The van der Waals surface area contributed by atoms with Gasteiger partial charge >= 0.3 is 0 Å². The molecule has 4 fully saturated rings. The average Bonchev–Trinajstić information content (AvgIpc) is 2.77. The van der Waals surface area contributed by atoms with Crippen LogP contribution < -0.4 is 0 Å². The van der Waals surface area contributed by atoms with E-state index in [2.05, 4.69) is 9.88 Å². The summed E-state index contributed by atoms with van der Waals surface area (Å²) in [6.45, 7) is 1.26. The summed E-state index contributed by atoms with van der Waals surface area (Å²) in [6, 6.07) is 1.96. The first-order valence-electron chi connectivity index (χ1n) is 11.8. The van der Waals surface area contributed by atoms with Gasteiger partial charge in [0.1, 0.15) is 0 Å². The number of hydrogen-bond acceptors (Lipinski definition) is 3. The first-order valence-corrected chi connectivity index (χ1v) is 11.8. The van der Waals surface area contributed by atoms with Crippen molar-refractivity contribution in [2.75, 3.05) is 13.1 Å². The molecule has 4 atom stereocenters. The summed E-state index contributed by atoms with van der Waals surface area (Å²) in [5.74, 6) is 0.853. The number of piperidine rings is 3. The van der Waals surface area contributed by atoms with Gasteiger partial charge in [0, 0.05) is 37.8 Å². The molecular weight excluding hydrogens is 381 g/mol. The van der Waals surface area contributed by atoms with Crippen LogP contribution >= 0.6 is 0 Å². The van der Waals surface area contributed by atoms with Crippen LogP contribution in [0.4, 0.5) is 4.39 Å². The summed E-state index contributed by atoms with van der Waals surface area (Å²) in [7, 11) is 0. The largest absolute Gasteiger partial charge is 0.338 e. The number of rotatable bonds is 3. The van der Waals surface area contributed by atoms with E-state index >= 15 is 0 Å². The molecule has 162 valence electrons. The minimum Gasteiger partial charge on any atom is -0.338 e. The standard InChI is InChI=1S/C24H32FN3O2/c25-20-13-26-10-9-19(20)24(30)27-14-17-12-18(15-27)22(11-16-5-2-1-3-6-16)28-21(17)7-4-8-23(28)29/h9-10,13,16-18,21-22H,1-8,11-12,14-15H2/t17-,18+,21+,22+/m1/s1. The minimum atomic E-state index is -0.550. The molecule has 5 rings (SSSR count). The molecule has 1 saturated carbocycles. The Labute approximate surface area is 178 Å². The van der Waals surface area contributed by atoms with Crippen LogP contribution in [0.15, 0.2) is 18.5 Å². The van der Waals surface area contributed by atoms with Crippen molar-refractivity contribution >= 4 is 11.8 Å². The van der Waals surface area contributed by atoms with Gasteiger partial charge in [0.25, 0.3) is 5.91 Å². The molecule has 1 aromatic heterocycles. The Bertz CT molecular complexity index is 809. The van der Waals surface area contributed by atoms with Gasteiger partial charge in [-0.2, -0.15) is 0 Å². The lowest BCUT2D eigenvalue weighted by molar-refractivity contribution is -0.153. The smallest absolute Gasteiger partial charge is 0.256 e. The number of carbonyl (C=O) groups excluding carboxylic acids is 2. The van der Waals surface area contributed by atoms with Crippen molar-refractivity contribution < 1.29 is 14.0 Å². The number of pyridine rings is 1. The second-order valence-electron chi connectivity index (χ2n) is 9.89. The van der Waals surface area contributed by atoms with Gasteiger partial charge in [0.15, 0.2) is 5.82 Å². The number of hydrogen-bond donors (Lipinski definition) is 0. The fourth-order valence-corrected chi connectivity index (χ4v) is 6.73. The van der Waals surface area contributed by atoms with Crippen molar-refractivity contribution in [3.63, 3.8) is 0 Å². The fraction of sp³-hybridized carbons (Fsp3) is 0.708. The minimum absolute atomic E-state index is 0.116. The molecule has 4 aliphatic rings. The summed E-state index contributed by atoms with van der Waals surface area (Å²) >= 11 is 0. The summed E-state index contributed by atoms with van der Waals surface area (Å²) in [4.78, 5) is 34.0. The van der Waals surface area contributed by atoms with Gasteiger partial charge in [-0.05, 0) is 49.5 Å². The summed E-state index contributed by atoms with van der Waals surface area (Å²) in [5.41, 5.74) is 0.116. The number of likely N-dealkylation sites (tertiary alicyclic amines) is 1. The van der Waals surface area contributed by atoms with E-state index in [1.807, 2.05) is 4.90 Å². The zero-order valence-corrected chi connectivity index (χ0v) is 17.6. The van der Waals surface area contributed by atoms with Gasteiger partial charge in [-0.15, -0.1) is 0 Å². The van der Waals surface area contributed by atoms with E-state index in [0.29, 0.717) is 43.2 Å². The van der Waals surface area contributed by atoms with E-state index in [9.17, 15) is 14.0 Å². The third kappa shape index (κ3) is 3.63. The molecule has 1 aromatic rings. The molecule has 2 bridgehead atoms. The lowest BCUT2D eigenvalue weighted by Crippen LogP contribution is -2.65. The highest BCUT2D eigenvalue weighted by atomic mass is 19.1. The molecule has 0 N–H and O–H groups in total. The second-order valence-corrected chi connectivity index (χ2v) is 9.89. The molecule has 5 nitrogen and oxygen atoms in total. The number of carbonyl (C=O) groups is 2. The quantitative estimate of drug-likeness (QED) is 0.752. The maximum absolute atomic E-state index is 14.2. The van der Waals surface area contributed by atoms with E-state index in [1.165, 1.54) is 44.4 Å². The maximum Gasteiger partial charge on any atom is 0.256 e. The molecule has 0 aromatic carbocycles. The molecule has 2 amide bonds. The Hall–Kier alpha value is -1.98. The maximum atomic E-state index is 14.2. The number of fused-ring (bicyclic) bond motifs is 4. The number of nitrogens with zero attached hydrogens (tertiary/aromatic N) is 3. The zero-order chi connectivity index (χ0) is 20.7. The van der Waals surface area contributed by atoms with Crippen molar-refractivity contribution in [1.82, 2.24) is 14.8 Å². The molecule has 3 aliphatic heterocycles. The Morgan fingerprint density at radius 2 is 1.90 bits per heavy atom. The first kappa shape index (κ1) is 20.0. The Kier molecular flexibility index (Phi) is 5.50. The van der Waals surface area contributed by atoms with E-state index in [0.717, 1.165) is 31.9 Å². The van der Waals surface area contributed by atoms with E-state index in [1.54, 1.807) is 0 Å². The zero-order valence-electron chi connectivity index (χ0n) is 17.6. The van der Waals surface area contributed by atoms with Crippen molar-refractivity contribution in [2.45, 2.75) is 76.3 Å². The first-order chi connectivity index (χ1) is 14.6. The van der Waals surface area contributed by atoms with E-state index in [4.69, 9.17) is 0 Å². The summed E-state index contributed by atoms with van der Waals surface area (Å²) < 4.78 is 14.2. The molecule has 1 aliphatic carbocycles. The molecule has 0 unspecified atom stereocenters. The summed E-state index contributed by atoms with van der Waals surface area (Å²) in [6.07, 6.45) is 13.9. The van der Waals surface area contributed by atoms with Gasteiger partial charge < -0.3 is 9.80 Å². The van der Waals surface area contributed by atoms with Gasteiger partial charge in [-0.25, -0.2) is 4.39 Å². The highest BCUT2D eigenvalue weighted by molar-refractivity contribution is 5.94. The highest BCUT2D eigenvalue weighted by Crippen LogP contribution is 2.44. The number of aromatic nitrogens is 1. The average molecular weight is 414 g/mol. The van der Waals surface area contributed by atoms with Gasteiger partial charge in [-0.1, -0.05) is 32.1 Å². The Morgan fingerprint density at radius 3 is 2.70 bits per heavy atom. The predicted octanol–water partition coefficient (Wildman–Crippen LogP) is 4.03. The van der Waals surface area contributed by atoms with E-state index in [-0.39, 0.29) is 23.6 Å². The predicted molar refractivity (Wildman–Crippen MR) is 111 cm³/mol. The molecule has 4 heterocycles. The normalized spacial score (nSPS) is 32.1.